The van der Waals surface area contributed by atoms with Gasteiger partial charge >= 0.3 is 5.97 Å². The van der Waals surface area contributed by atoms with Crippen LogP contribution in [0.3, 0.4) is 0 Å². The zero-order valence-corrected chi connectivity index (χ0v) is 16.2. The molecule has 0 radical (unpaired) electrons. The number of carbonyl (C=O) groups excluding carboxylic acids is 1. The number of carbonyl (C=O) groups is 1. The van der Waals surface area contributed by atoms with Gasteiger partial charge in [0, 0.05) is 17.2 Å². The van der Waals surface area contributed by atoms with Gasteiger partial charge in [0.2, 0.25) is 11.6 Å². The smallest absolute Gasteiger partial charge is 0.363 e. The Morgan fingerprint density at radius 1 is 1.07 bits per heavy atom. The molecule has 0 fully saturated rings. The van der Waals surface area contributed by atoms with Crippen LogP contribution < -0.4 is 14.2 Å². The Hall–Kier alpha value is -3.88. The van der Waals surface area contributed by atoms with Crippen molar-refractivity contribution in [2.24, 2.45) is 4.99 Å². The van der Waals surface area contributed by atoms with Gasteiger partial charge in [-0.15, -0.1) is 0 Å². The number of aliphatic imine (C=N–C) groups is 1. The molecule has 0 bridgehead atoms. The summed E-state index contributed by atoms with van der Waals surface area (Å²) < 4.78 is 21.1. The van der Waals surface area contributed by atoms with E-state index in [9.17, 15) is 14.9 Å². The van der Waals surface area contributed by atoms with Crippen molar-refractivity contribution in [1.29, 1.82) is 0 Å². The molecular formula is C20H18N2O7. The Morgan fingerprint density at radius 3 is 2.28 bits per heavy atom. The van der Waals surface area contributed by atoms with Gasteiger partial charge in [0.15, 0.2) is 17.2 Å². The number of rotatable bonds is 6. The van der Waals surface area contributed by atoms with Crippen molar-refractivity contribution in [2.45, 2.75) is 6.92 Å². The predicted octanol–water partition coefficient (Wildman–Crippen LogP) is 3.27. The van der Waals surface area contributed by atoms with Crippen molar-refractivity contribution in [3.05, 3.63) is 62.8 Å². The monoisotopic (exact) mass is 398 g/mol. The number of aryl methyl sites for hydroxylation is 1. The lowest BCUT2D eigenvalue weighted by Crippen LogP contribution is -2.06. The molecule has 9 nitrogen and oxygen atoms in total. The molecule has 1 aliphatic heterocycles. The van der Waals surface area contributed by atoms with E-state index in [1.54, 1.807) is 31.2 Å². The summed E-state index contributed by atoms with van der Waals surface area (Å²) in [6, 6.07) is 7.82. The number of hydrogen-bond acceptors (Lipinski definition) is 8. The topological polar surface area (TPSA) is 109 Å². The third kappa shape index (κ3) is 3.88. The SMILES string of the molecule is COc1cc(/C=C2\N=C(c3ccc(C)c([N+](=O)[O-])c3)OC2=O)cc(OC)c1OC. The van der Waals surface area contributed by atoms with E-state index in [0.717, 1.165) is 0 Å². The highest BCUT2D eigenvalue weighted by Crippen LogP contribution is 2.39. The maximum atomic E-state index is 12.3. The van der Waals surface area contributed by atoms with Crippen molar-refractivity contribution in [1.82, 2.24) is 0 Å². The minimum atomic E-state index is -0.669. The van der Waals surface area contributed by atoms with Gasteiger partial charge in [-0.25, -0.2) is 9.79 Å². The third-order valence-electron chi connectivity index (χ3n) is 4.26. The second kappa shape index (κ2) is 8.01. The van der Waals surface area contributed by atoms with Crippen molar-refractivity contribution in [3.63, 3.8) is 0 Å². The minimum Gasteiger partial charge on any atom is -0.493 e. The first-order chi connectivity index (χ1) is 13.9. The van der Waals surface area contributed by atoms with Crippen LogP contribution in [0.4, 0.5) is 5.69 Å². The molecule has 0 N–H and O–H groups in total. The number of methoxy groups -OCH3 is 3. The van der Waals surface area contributed by atoms with E-state index in [4.69, 9.17) is 18.9 Å². The summed E-state index contributed by atoms with van der Waals surface area (Å²) in [4.78, 5) is 27.1. The standard InChI is InChI=1S/C20H18N2O7/c1-11-5-6-13(10-15(11)22(24)25)19-21-14(20(23)29-19)7-12-8-16(26-2)18(28-4)17(9-12)27-3/h5-10H,1-4H3/b14-7-. The Morgan fingerprint density at radius 2 is 1.72 bits per heavy atom. The van der Waals surface area contributed by atoms with Crippen LogP contribution in [0.1, 0.15) is 16.7 Å². The molecule has 1 aliphatic rings. The summed E-state index contributed by atoms with van der Waals surface area (Å²) in [7, 11) is 4.46. The van der Waals surface area contributed by atoms with Crippen LogP contribution in [0.2, 0.25) is 0 Å². The van der Waals surface area contributed by atoms with Crippen LogP contribution in [-0.4, -0.2) is 38.1 Å². The van der Waals surface area contributed by atoms with Crippen LogP contribution in [0.25, 0.3) is 6.08 Å². The maximum absolute atomic E-state index is 12.3. The molecule has 1 heterocycles. The highest BCUT2D eigenvalue weighted by atomic mass is 16.6. The summed E-state index contributed by atoms with van der Waals surface area (Å²) in [5, 5.41) is 11.1. The van der Waals surface area contributed by atoms with E-state index in [1.807, 2.05) is 0 Å². The second-order valence-electron chi connectivity index (χ2n) is 6.05. The summed E-state index contributed by atoms with van der Waals surface area (Å²) in [5.41, 5.74) is 1.37. The van der Waals surface area contributed by atoms with Gasteiger partial charge in [0.05, 0.1) is 26.3 Å². The van der Waals surface area contributed by atoms with Crippen molar-refractivity contribution >= 4 is 23.6 Å². The molecule has 0 amide bonds. The number of cyclic esters (lactones) is 1. The van der Waals surface area contributed by atoms with Gasteiger partial charge < -0.3 is 18.9 Å². The quantitative estimate of drug-likeness (QED) is 0.318. The maximum Gasteiger partial charge on any atom is 0.363 e. The largest absolute Gasteiger partial charge is 0.493 e. The third-order valence-corrected chi connectivity index (χ3v) is 4.26. The first kappa shape index (κ1) is 19.9. The number of nitrogens with zero attached hydrogens (tertiary/aromatic N) is 2. The van der Waals surface area contributed by atoms with E-state index < -0.39 is 10.9 Å². The van der Waals surface area contributed by atoms with E-state index in [1.165, 1.54) is 33.5 Å². The van der Waals surface area contributed by atoms with Crippen LogP contribution in [0.15, 0.2) is 41.0 Å². The average Bonchev–Trinajstić information content (AvgIpc) is 3.07. The first-order valence-corrected chi connectivity index (χ1v) is 8.46. The highest BCUT2D eigenvalue weighted by molar-refractivity contribution is 6.13. The molecule has 29 heavy (non-hydrogen) atoms. The Labute approximate surface area is 166 Å². The van der Waals surface area contributed by atoms with Gasteiger partial charge in [-0.05, 0) is 36.8 Å². The minimum absolute atomic E-state index is 0.00297. The first-order valence-electron chi connectivity index (χ1n) is 8.46. The Balaban J connectivity index is 2.01. The summed E-state index contributed by atoms with van der Waals surface area (Å²) >= 11 is 0. The zero-order chi connectivity index (χ0) is 21.1. The van der Waals surface area contributed by atoms with Crippen LogP contribution in [0, 0.1) is 17.0 Å². The fourth-order valence-corrected chi connectivity index (χ4v) is 2.81. The number of nitro groups is 1. The molecule has 9 heteroatoms. The lowest BCUT2D eigenvalue weighted by molar-refractivity contribution is -0.385. The van der Waals surface area contributed by atoms with Gasteiger partial charge in [-0.2, -0.15) is 0 Å². The number of ether oxygens (including phenoxy) is 4. The number of benzene rings is 2. The molecule has 0 saturated carbocycles. The van der Waals surface area contributed by atoms with Gasteiger partial charge in [0.1, 0.15) is 0 Å². The fourth-order valence-electron chi connectivity index (χ4n) is 2.81. The predicted molar refractivity (Wildman–Crippen MR) is 105 cm³/mol. The lowest BCUT2D eigenvalue weighted by Gasteiger charge is -2.12. The number of hydrogen-bond donors (Lipinski definition) is 0. The summed E-state index contributed by atoms with van der Waals surface area (Å²) in [6.07, 6.45) is 1.50. The number of nitro benzene ring substituents is 1. The fraction of sp³-hybridized carbons (Fsp3) is 0.200. The molecule has 0 saturated heterocycles. The molecule has 0 unspecified atom stereocenters. The average molecular weight is 398 g/mol. The zero-order valence-electron chi connectivity index (χ0n) is 16.2. The Bertz CT molecular complexity index is 1030. The van der Waals surface area contributed by atoms with Crippen molar-refractivity contribution in [2.75, 3.05) is 21.3 Å². The lowest BCUT2D eigenvalue weighted by atomic mass is 10.1. The van der Waals surface area contributed by atoms with Crippen LogP contribution in [-0.2, 0) is 9.53 Å². The van der Waals surface area contributed by atoms with Gasteiger partial charge in [-0.3, -0.25) is 10.1 Å². The van der Waals surface area contributed by atoms with Crippen molar-refractivity contribution in [3.8, 4) is 17.2 Å². The van der Waals surface area contributed by atoms with E-state index in [2.05, 4.69) is 4.99 Å². The molecule has 0 spiro atoms. The van der Waals surface area contributed by atoms with E-state index in [0.29, 0.717) is 33.9 Å². The van der Waals surface area contributed by atoms with Gasteiger partial charge in [0.25, 0.3) is 5.69 Å². The summed E-state index contributed by atoms with van der Waals surface area (Å²) in [5.74, 6) is 0.586. The number of esters is 1. The van der Waals surface area contributed by atoms with Crippen LogP contribution >= 0.6 is 0 Å². The molecule has 2 aromatic carbocycles. The molecule has 0 aliphatic carbocycles. The highest BCUT2D eigenvalue weighted by Gasteiger charge is 2.26. The summed E-state index contributed by atoms with van der Waals surface area (Å²) in [6.45, 7) is 1.63. The van der Waals surface area contributed by atoms with Gasteiger partial charge in [-0.1, -0.05) is 6.07 Å². The molecular weight excluding hydrogens is 380 g/mol. The molecule has 3 rings (SSSR count). The molecule has 0 aromatic heterocycles. The molecule has 2 aromatic rings. The normalized spacial score (nSPS) is 14.4. The van der Waals surface area contributed by atoms with Crippen LogP contribution in [0.5, 0.6) is 17.2 Å². The molecule has 0 atom stereocenters. The Kier molecular flexibility index (Phi) is 5.49. The second-order valence-corrected chi connectivity index (χ2v) is 6.05. The van der Waals surface area contributed by atoms with E-state index in [-0.39, 0.29) is 17.3 Å². The molecule has 150 valence electrons. The van der Waals surface area contributed by atoms with Crippen molar-refractivity contribution < 1.29 is 28.7 Å². The van der Waals surface area contributed by atoms with E-state index >= 15 is 0 Å².